The molecule has 1 saturated carbocycles. The molecule has 1 aliphatic heterocycles. The Bertz CT molecular complexity index is 823. The predicted molar refractivity (Wildman–Crippen MR) is 143 cm³/mol. The van der Waals surface area contributed by atoms with Gasteiger partial charge in [0.15, 0.2) is 0 Å². The maximum absolute atomic E-state index is 15.2. The van der Waals surface area contributed by atoms with E-state index >= 15 is 4.39 Å². The third-order valence-electron chi connectivity index (χ3n) is 7.97. The standard InChI is InChI=1S/C28H45ClFN3O3/c1-3-36-17-7-6-15-28(35,24-13-8-14-25(29)26(24)30)22-12-9-16-33(20-22)27(34)32-23(19-31-2)18-21-10-4-5-11-21/h8,13-14,21-23,31,35H,3-7,9-12,15-20H2,1-2H3,(H,32,34). The van der Waals surface area contributed by atoms with Crippen LogP contribution in [0.4, 0.5) is 9.18 Å². The number of urea groups is 1. The maximum atomic E-state index is 15.2. The number of amides is 2. The number of likely N-dealkylation sites (N-methyl/N-ethyl adjacent to an activating group) is 1. The Morgan fingerprint density at radius 1 is 1.28 bits per heavy atom. The minimum Gasteiger partial charge on any atom is -0.385 e. The summed E-state index contributed by atoms with van der Waals surface area (Å²) in [6.07, 6.45) is 9.37. The molecule has 3 unspecified atom stereocenters. The number of carbonyl (C=O) groups is 1. The summed E-state index contributed by atoms with van der Waals surface area (Å²) < 4.78 is 20.6. The highest BCUT2D eigenvalue weighted by molar-refractivity contribution is 6.30. The number of hydrogen-bond donors (Lipinski definition) is 3. The van der Waals surface area contributed by atoms with Gasteiger partial charge in [-0.15, -0.1) is 0 Å². The Hall–Kier alpha value is -1.41. The Morgan fingerprint density at radius 3 is 2.78 bits per heavy atom. The molecular weight excluding hydrogens is 481 g/mol. The van der Waals surface area contributed by atoms with Gasteiger partial charge >= 0.3 is 6.03 Å². The van der Waals surface area contributed by atoms with Crippen LogP contribution in [0.5, 0.6) is 0 Å². The first-order chi connectivity index (χ1) is 17.4. The SMILES string of the molecule is CCOCCCCC(O)(c1cccc(Cl)c1F)C1CCCN(C(=O)NC(CNC)CC2CCCC2)C1. The summed E-state index contributed by atoms with van der Waals surface area (Å²) in [7, 11) is 1.91. The first-order valence-electron chi connectivity index (χ1n) is 13.8. The number of halogens is 2. The number of rotatable bonds is 13. The van der Waals surface area contributed by atoms with Gasteiger partial charge in [0.05, 0.1) is 10.6 Å². The highest BCUT2D eigenvalue weighted by Gasteiger charge is 2.43. The molecule has 2 aliphatic rings. The van der Waals surface area contributed by atoms with E-state index in [1.807, 2.05) is 14.0 Å². The molecule has 3 N–H and O–H groups in total. The van der Waals surface area contributed by atoms with E-state index in [9.17, 15) is 9.90 Å². The van der Waals surface area contributed by atoms with Crippen LogP contribution in [0.1, 0.15) is 76.7 Å². The molecule has 0 spiro atoms. The quantitative estimate of drug-likeness (QED) is 0.299. The van der Waals surface area contributed by atoms with Crippen LogP contribution >= 0.6 is 11.6 Å². The summed E-state index contributed by atoms with van der Waals surface area (Å²) in [5.41, 5.74) is -1.18. The molecule has 0 aromatic heterocycles. The number of nitrogens with zero attached hydrogens (tertiary/aromatic N) is 1. The van der Waals surface area contributed by atoms with Crippen molar-refractivity contribution in [2.24, 2.45) is 11.8 Å². The summed E-state index contributed by atoms with van der Waals surface area (Å²) in [5.74, 6) is -0.182. The number of hydrogen-bond acceptors (Lipinski definition) is 4. The summed E-state index contributed by atoms with van der Waals surface area (Å²) in [6, 6.07) is 4.80. The summed E-state index contributed by atoms with van der Waals surface area (Å²) in [4.78, 5) is 15.1. The Balaban J connectivity index is 1.72. The average Bonchev–Trinajstić information content (AvgIpc) is 3.38. The van der Waals surface area contributed by atoms with Crippen molar-refractivity contribution < 1.29 is 19.0 Å². The van der Waals surface area contributed by atoms with Gasteiger partial charge in [-0.3, -0.25) is 0 Å². The number of piperidine rings is 1. The molecule has 3 atom stereocenters. The van der Waals surface area contributed by atoms with Crippen molar-refractivity contribution >= 4 is 17.6 Å². The highest BCUT2D eigenvalue weighted by atomic mass is 35.5. The predicted octanol–water partition coefficient (Wildman–Crippen LogP) is 5.46. The monoisotopic (exact) mass is 525 g/mol. The molecule has 1 heterocycles. The molecule has 6 nitrogen and oxygen atoms in total. The van der Waals surface area contributed by atoms with Gasteiger partial charge in [-0.05, 0) is 64.5 Å². The second-order valence-electron chi connectivity index (χ2n) is 10.6. The van der Waals surface area contributed by atoms with Gasteiger partial charge < -0.3 is 25.4 Å². The summed E-state index contributed by atoms with van der Waals surface area (Å²) >= 11 is 6.11. The van der Waals surface area contributed by atoms with Crippen LogP contribution in [-0.2, 0) is 10.3 Å². The van der Waals surface area contributed by atoms with Crippen molar-refractivity contribution in [1.29, 1.82) is 0 Å². The van der Waals surface area contributed by atoms with Crippen molar-refractivity contribution in [3.63, 3.8) is 0 Å². The van der Waals surface area contributed by atoms with Crippen molar-refractivity contribution in [3.8, 4) is 0 Å². The van der Waals surface area contributed by atoms with Crippen molar-refractivity contribution in [3.05, 3.63) is 34.6 Å². The maximum Gasteiger partial charge on any atom is 0.317 e. The zero-order chi connectivity index (χ0) is 26.0. The van der Waals surface area contributed by atoms with Crippen LogP contribution < -0.4 is 10.6 Å². The molecule has 0 radical (unpaired) electrons. The number of unbranched alkanes of at least 4 members (excludes halogenated alkanes) is 1. The minimum atomic E-state index is -1.41. The fraction of sp³-hybridized carbons (Fsp3) is 0.750. The average molecular weight is 526 g/mol. The smallest absolute Gasteiger partial charge is 0.317 e. The number of nitrogens with one attached hydrogen (secondary N) is 2. The fourth-order valence-corrected chi connectivity index (χ4v) is 6.22. The highest BCUT2D eigenvalue weighted by Crippen LogP contribution is 2.42. The number of benzene rings is 1. The molecule has 36 heavy (non-hydrogen) atoms. The van der Waals surface area contributed by atoms with Crippen LogP contribution in [0.3, 0.4) is 0 Å². The molecule has 1 aliphatic carbocycles. The number of ether oxygens (including phenoxy) is 1. The van der Waals surface area contributed by atoms with E-state index in [-0.39, 0.29) is 28.6 Å². The summed E-state index contributed by atoms with van der Waals surface area (Å²) in [6.45, 7) is 4.96. The third-order valence-corrected chi connectivity index (χ3v) is 8.27. The first kappa shape index (κ1) is 29.2. The van der Waals surface area contributed by atoms with Gasteiger partial charge in [-0.1, -0.05) is 49.4 Å². The molecular formula is C28H45ClFN3O3. The lowest BCUT2D eigenvalue weighted by Gasteiger charge is -2.43. The molecule has 2 fully saturated rings. The van der Waals surface area contributed by atoms with Crippen molar-refractivity contribution in [2.45, 2.75) is 82.8 Å². The zero-order valence-electron chi connectivity index (χ0n) is 22.0. The van der Waals surface area contributed by atoms with Gasteiger partial charge in [0.2, 0.25) is 0 Å². The third kappa shape index (κ3) is 7.80. The van der Waals surface area contributed by atoms with Crippen LogP contribution in [0.15, 0.2) is 18.2 Å². The number of likely N-dealkylation sites (tertiary alicyclic amines) is 1. The number of carbonyl (C=O) groups excluding carboxylic acids is 1. The molecule has 204 valence electrons. The number of aliphatic hydroxyl groups is 1. The lowest BCUT2D eigenvalue weighted by atomic mass is 9.74. The molecule has 1 aromatic carbocycles. The molecule has 2 amide bonds. The normalized spacial score (nSPS) is 21.4. The zero-order valence-corrected chi connectivity index (χ0v) is 22.8. The van der Waals surface area contributed by atoms with Crippen LogP contribution in [0.2, 0.25) is 5.02 Å². The molecule has 1 aromatic rings. The minimum absolute atomic E-state index is 0.00692. The van der Waals surface area contributed by atoms with E-state index in [1.54, 1.807) is 17.0 Å². The Morgan fingerprint density at radius 2 is 2.06 bits per heavy atom. The van der Waals surface area contributed by atoms with E-state index in [0.717, 1.165) is 32.2 Å². The van der Waals surface area contributed by atoms with E-state index < -0.39 is 11.4 Å². The van der Waals surface area contributed by atoms with Crippen molar-refractivity contribution in [2.75, 3.05) is 39.9 Å². The van der Waals surface area contributed by atoms with E-state index in [2.05, 4.69) is 10.6 Å². The van der Waals surface area contributed by atoms with Gasteiger partial charge in [-0.25, -0.2) is 9.18 Å². The molecule has 8 heteroatoms. The second-order valence-corrected chi connectivity index (χ2v) is 11.0. The topological polar surface area (TPSA) is 73.8 Å². The van der Waals surface area contributed by atoms with E-state index in [1.165, 1.54) is 31.7 Å². The second kappa shape index (κ2) is 14.5. The van der Waals surface area contributed by atoms with Crippen LogP contribution in [0, 0.1) is 17.7 Å². The van der Waals surface area contributed by atoms with Crippen LogP contribution in [-0.4, -0.2) is 62.0 Å². The first-order valence-corrected chi connectivity index (χ1v) is 14.2. The van der Waals surface area contributed by atoms with Gasteiger partial charge in [0, 0.05) is 50.4 Å². The van der Waals surface area contributed by atoms with Crippen molar-refractivity contribution in [1.82, 2.24) is 15.5 Å². The fourth-order valence-electron chi connectivity index (χ4n) is 6.05. The Labute approximate surface area is 221 Å². The van der Waals surface area contributed by atoms with Gasteiger partial charge in [-0.2, -0.15) is 0 Å². The largest absolute Gasteiger partial charge is 0.385 e. The summed E-state index contributed by atoms with van der Waals surface area (Å²) in [5, 5.41) is 18.5. The Kier molecular flexibility index (Phi) is 11.7. The molecule has 3 rings (SSSR count). The van der Waals surface area contributed by atoms with E-state index in [0.29, 0.717) is 45.1 Å². The van der Waals surface area contributed by atoms with Gasteiger partial charge in [0.1, 0.15) is 5.82 Å². The van der Waals surface area contributed by atoms with E-state index in [4.69, 9.17) is 16.3 Å². The molecule has 0 bridgehead atoms. The van der Waals surface area contributed by atoms with Crippen LogP contribution in [0.25, 0.3) is 0 Å². The lowest BCUT2D eigenvalue weighted by Crippen LogP contribution is -2.54. The van der Waals surface area contributed by atoms with Gasteiger partial charge in [0.25, 0.3) is 0 Å². The lowest BCUT2D eigenvalue weighted by molar-refractivity contribution is -0.0589. The molecule has 1 saturated heterocycles.